The predicted molar refractivity (Wildman–Crippen MR) is 135 cm³/mol. The number of hydrazine groups is 1. The van der Waals surface area contributed by atoms with E-state index in [1.807, 2.05) is 24.3 Å². The van der Waals surface area contributed by atoms with E-state index in [1.54, 1.807) is 14.2 Å². The number of allylic oxidation sites excluding steroid dienone is 3. The lowest BCUT2D eigenvalue weighted by Crippen LogP contribution is -2.41. The molecule has 0 saturated heterocycles. The number of nitrogens with one attached hydrogen (secondary N) is 1. The standard InChI is InChI=1S/C28H27N3O2/c1-19-11-13-22-14-16-28(29-21-12-15-26(32-2)27(18-21)33-3)30-31(22)25(17-19)24-10-6-8-20-7-4-5-9-23(20)24/h4-10,12-19H,11H2,1-3H3,(H,29,30). The predicted octanol–water partition coefficient (Wildman–Crippen LogP) is 6.23. The van der Waals surface area contributed by atoms with Gasteiger partial charge in [-0.25, -0.2) is 4.99 Å². The van der Waals surface area contributed by atoms with Gasteiger partial charge in [0.25, 0.3) is 0 Å². The van der Waals surface area contributed by atoms with E-state index in [0.29, 0.717) is 17.4 Å². The van der Waals surface area contributed by atoms with Crippen LogP contribution in [0.1, 0.15) is 18.9 Å². The third-order valence-corrected chi connectivity index (χ3v) is 5.96. The number of methoxy groups -OCH3 is 2. The lowest BCUT2D eigenvalue weighted by atomic mass is 9.99. The second-order valence-electron chi connectivity index (χ2n) is 8.24. The Morgan fingerprint density at radius 2 is 1.76 bits per heavy atom. The SMILES string of the molecule is COc1ccc(N=C2C=CC3=CCC(C)C=C(c4cccc5ccccc45)N3N2)cc1OC. The molecule has 1 N–H and O–H groups in total. The topological polar surface area (TPSA) is 46.1 Å². The molecule has 0 aliphatic carbocycles. The number of rotatable bonds is 4. The summed E-state index contributed by atoms with van der Waals surface area (Å²) < 4.78 is 10.8. The Hall–Kier alpha value is -3.99. The van der Waals surface area contributed by atoms with Gasteiger partial charge in [0.2, 0.25) is 0 Å². The molecule has 3 aromatic rings. The summed E-state index contributed by atoms with van der Waals surface area (Å²) in [7, 11) is 3.26. The first-order valence-corrected chi connectivity index (χ1v) is 11.1. The van der Waals surface area contributed by atoms with Gasteiger partial charge in [0.15, 0.2) is 11.5 Å². The average Bonchev–Trinajstić information content (AvgIpc) is 3.02. The Bertz CT molecular complexity index is 1310. The third-order valence-electron chi connectivity index (χ3n) is 5.96. The lowest BCUT2D eigenvalue weighted by molar-refractivity contribution is 0.355. The first-order valence-electron chi connectivity index (χ1n) is 11.1. The fourth-order valence-corrected chi connectivity index (χ4v) is 4.29. The fraction of sp³-hybridized carbons (Fsp3) is 0.179. The molecule has 5 nitrogen and oxygen atoms in total. The van der Waals surface area contributed by atoms with Crippen LogP contribution in [0.2, 0.25) is 0 Å². The van der Waals surface area contributed by atoms with Crippen molar-refractivity contribution in [2.24, 2.45) is 10.9 Å². The van der Waals surface area contributed by atoms with Gasteiger partial charge in [-0.1, -0.05) is 61.5 Å². The van der Waals surface area contributed by atoms with E-state index in [1.165, 1.54) is 16.3 Å². The third kappa shape index (κ3) is 4.10. The van der Waals surface area contributed by atoms with Crippen molar-refractivity contribution in [3.8, 4) is 11.5 Å². The molecular weight excluding hydrogens is 410 g/mol. The van der Waals surface area contributed by atoms with Crippen LogP contribution in [0, 0.1) is 5.92 Å². The molecule has 2 aliphatic heterocycles. The second kappa shape index (κ2) is 8.87. The number of benzene rings is 3. The van der Waals surface area contributed by atoms with Crippen molar-refractivity contribution in [1.29, 1.82) is 0 Å². The van der Waals surface area contributed by atoms with Crippen molar-refractivity contribution >= 4 is 28.0 Å². The van der Waals surface area contributed by atoms with E-state index in [0.717, 1.165) is 29.3 Å². The molecule has 2 heterocycles. The number of ether oxygens (including phenoxy) is 2. The van der Waals surface area contributed by atoms with Gasteiger partial charge in [-0.15, -0.1) is 0 Å². The van der Waals surface area contributed by atoms with Crippen LogP contribution in [0.15, 0.2) is 95.7 Å². The van der Waals surface area contributed by atoms with Gasteiger partial charge in [0.05, 0.1) is 31.3 Å². The van der Waals surface area contributed by atoms with E-state index in [4.69, 9.17) is 14.5 Å². The summed E-state index contributed by atoms with van der Waals surface area (Å²) in [5.41, 5.74) is 7.76. The normalized spacial score (nSPS) is 18.8. The summed E-state index contributed by atoms with van der Waals surface area (Å²) in [6, 6.07) is 20.6. The van der Waals surface area contributed by atoms with Crippen LogP contribution in [0.5, 0.6) is 11.5 Å². The van der Waals surface area contributed by atoms with Crippen molar-refractivity contribution in [3.05, 3.63) is 96.2 Å². The van der Waals surface area contributed by atoms with Crippen LogP contribution in [0.4, 0.5) is 5.69 Å². The summed E-state index contributed by atoms with van der Waals surface area (Å²) in [4.78, 5) is 4.82. The molecule has 0 saturated carbocycles. The minimum Gasteiger partial charge on any atom is -0.493 e. The molecule has 0 aromatic heterocycles. The zero-order valence-corrected chi connectivity index (χ0v) is 19.1. The van der Waals surface area contributed by atoms with Gasteiger partial charge in [-0.3, -0.25) is 10.4 Å². The van der Waals surface area contributed by atoms with Gasteiger partial charge < -0.3 is 9.47 Å². The number of hydrogen-bond acceptors (Lipinski definition) is 4. The van der Waals surface area contributed by atoms with Crippen LogP contribution in [0.25, 0.3) is 16.5 Å². The quantitative estimate of drug-likeness (QED) is 0.526. The van der Waals surface area contributed by atoms with Crippen LogP contribution < -0.4 is 14.9 Å². The van der Waals surface area contributed by atoms with E-state index in [9.17, 15) is 0 Å². The van der Waals surface area contributed by atoms with Gasteiger partial charge in [-0.2, -0.15) is 0 Å². The number of aliphatic imine (C=N–C) groups is 1. The van der Waals surface area contributed by atoms with Crippen molar-refractivity contribution in [1.82, 2.24) is 10.4 Å². The van der Waals surface area contributed by atoms with Gasteiger partial charge in [-0.05, 0) is 47.4 Å². The molecule has 0 radical (unpaired) electrons. The molecule has 5 rings (SSSR count). The van der Waals surface area contributed by atoms with E-state index >= 15 is 0 Å². The minimum absolute atomic E-state index is 0.415. The molecule has 1 unspecified atom stereocenters. The summed E-state index contributed by atoms with van der Waals surface area (Å²) in [5, 5.41) is 4.60. The highest BCUT2D eigenvalue weighted by atomic mass is 16.5. The van der Waals surface area contributed by atoms with Crippen LogP contribution in [-0.4, -0.2) is 25.1 Å². The first kappa shape index (κ1) is 20.9. The number of amidine groups is 1. The highest BCUT2D eigenvalue weighted by Gasteiger charge is 2.24. The maximum Gasteiger partial charge on any atom is 0.162 e. The second-order valence-corrected chi connectivity index (χ2v) is 8.24. The molecule has 33 heavy (non-hydrogen) atoms. The first-order chi connectivity index (χ1) is 16.2. The fourth-order valence-electron chi connectivity index (χ4n) is 4.29. The Morgan fingerprint density at radius 1 is 0.939 bits per heavy atom. The summed E-state index contributed by atoms with van der Waals surface area (Å²) in [5.74, 6) is 2.50. The molecule has 0 spiro atoms. The summed E-state index contributed by atoms with van der Waals surface area (Å²) in [6.07, 6.45) is 9.72. The maximum absolute atomic E-state index is 5.43. The van der Waals surface area contributed by atoms with Gasteiger partial charge >= 0.3 is 0 Å². The van der Waals surface area contributed by atoms with E-state index < -0.39 is 0 Å². The molecular formula is C28H27N3O2. The summed E-state index contributed by atoms with van der Waals surface area (Å²) in [6.45, 7) is 2.25. The van der Waals surface area contributed by atoms with Crippen LogP contribution in [-0.2, 0) is 0 Å². The molecule has 166 valence electrons. The molecule has 3 aromatic carbocycles. The lowest BCUT2D eigenvalue weighted by Gasteiger charge is -2.32. The van der Waals surface area contributed by atoms with Gasteiger partial charge in [0.1, 0.15) is 5.84 Å². The minimum atomic E-state index is 0.415. The number of nitrogens with zero attached hydrogens (tertiary/aromatic N) is 2. The highest BCUT2D eigenvalue weighted by Crippen LogP contribution is 2.35. The number of hydrogen-bond donors (Lipinski definition) is 1. The average molecular weight is 438 g/mol. The van der Waals surface area contributed by atoms with E-state index in [2.05, 4.69) is 78.1 Å². The zero-order valence-electron chi connectivity index (χ0n) is 19.1. The molecule has 0 fully saturated rings. The Morgan fingerprint density at radius 3 is 2.61 bits per heavy atom. The molecule has 2 aliphatic rings. The smallest absolute Gasteiger partial charge is 0.162 e. The Balaban J connectivity index is 1.56. The van der Waals surface area contributed by atoms with Crippen molar-refractivity contribution < 1.29 is 9.47 Å². The van der Waals surface area contributed by atoms with Gasteiger partial charge in [0, 0.05) is 11.6 Å². The summed E-state index contributed by atoms with van der Waals surface area (Å²) >= 11 is 0. The number of fused-ring (bicyclic) bond motifs is 2. The zero-order chi connectivity index (χ0) is 22.8. The van der Waals surface area contributed by atoms with E-state index in [-0.39, 0.29) is 0 Å². The Kier molecular flexibility index (Phi) is 5.61. The van der Waals surface area contributed by atoms with Crippen LogP contribution in [0.3, 0.4) is 0 Å². The van der Waals surface area contributed by atoms with Crippen molar-refractivity contribution in [2.45, 2.75) is 13.3 Å². The largest absolute Gasteiger partial charge is 0.493 e. The molecule has 5 heteroatoms. The molecule has 0 amide bonds. The molecule has 0 bridgehead atoms. The monoisotopic (exact) mass is 437 g/mol. The van der Waals surface area contributed by atoms with Crippen LogP contribution >= 0.6 is 0 Å². The van der Waals surface area contributed by atoms with Crippen molar-refractivity contribution in [2.75, 3.05) is 14.2 Å². The molecule has 1 atom stereocenters. The maximum atomic E-state index is 5.43. The van der Waals surface area contributed by atoms with Crippen molar-refractivity contribution in [3.63, 3.8) is 0 Å². The Labute approximate surface area is 194 Å². The highest BCUT2D eigenvalue weighted by molar-refractivity contribution is 5.99.